The lowest BCUT2D eigenvalue weighted by molar-refractivity contribution is 0.107. The van der Waals surface area contributed by atoms with Crippen molar-refractivity contribution < 1.29 is 9.84 Å². The van der Waals surface area contributed by atoms with Gasteiger partial charge in [-0.15, -0.1) is 0 Å². The van der Waals surface area contributed by atoms with E-state index in [2.05, 4.69) is 12.2 Å². The van der Waals surface area contributed by atoms with Crippen LogP contribution in [0, 0.1) is 0 Å². The van der Waals surface area contributed by atoms with Crippen LogP contribution in [0.25, 0.3) is 0 Å². The van der Waals surface area contributed by atoms with E-state index in [4.69, 9.17) is 9.84 Å². The highest BCUT2D eigenvalue weighted by Crippen LogP contribution is 2.10. The molecule has 0 bridgehead atoms. The Morgan fingerprint density at radius 2 is 2.50 bits per heavy atom. The van der Waals surface area contributed by atoms with E-state index >= 15 is 0 Å². The third-order valence-corrected chi connectivity index (χ3v) is 2.28. The Hall–Kier alpha value is -0.120. The average Bonchev–Trinajstić information content (AvgIpc) is 2.53. The van der Waals surface area contributed by atoms with Crippen LogP contribution in [0.3, 0.4) is 0 Å². The van der Waals surface area contributed by atoms with Gasteiger partial charge < -0.3 is 15.2 Å². The molecule has 0 aliphatic carbocycles. The van der Waals surface area contributed by atoms with Crippen molar-refractivity contribution in [3.05, 3.63) is 0 Å². The number of aliphatic hydroxyl groups excluding tert-OH is 1. The van der Waals surface area contributed by atoms with E-state index < -0.39 is 0 Å². The number of hydrogen-bond donors (Lipinski definition) is 2. The Kier molecular flexibility index (Phi) is 4.58. The van der Waals surface area contributed by atoms with E-state index in [1.807, 2.05) is 0 Å². The predicted octanol–water partition coefficient (Wildman–Crippen LogP) is 0.526. The summed E-state index contributed by atoms with van der Waals surface area (Å²) in [7, 11) is 0. The Balaban J connectivity index is 1.99. The van der Waals surface area contributed by atoms with E-state index in [1.54, 1.807) is 0 Å². The molecule has 0 amide bonds. The van der Waals surface area contributed by atoms with Crippen molar-refractivity contribution in [1.29, 1.82) is 0 Å². The van der Waals surface area contributed by atoms with Crippen LogP contribution >= 0.6 is 0 Å². The van der Waals surface area contributed by atoms with E-state index in [-0.39, 0.29) is 6.61 Å². The van der Waals surface area contributed by atoms with Crippen molar-refractivity contribution in [2.75, 3.05) is 19.8 Å². The molecule has 0 spiro atoms. The van der Waals surface area contributed by atoms with Gasteiger partial charge in [-0.1, -0.05) is 0 Å². The van der Waals surface area contributed by atoms with Crippen LogP contribution in [0.2, 0.25) is 0 Å². The summed E-state index contributed by atoms with van der Waals surface area (Å²) in [5.41, 5.74) is 0. The molecule has 1 aliphatic rings. The Labute approximate surface area is 74.1 Å². The minimum Gasteiger partial charge on any atom is -0.396 e. The second-order valence-corrected chi connectivity index (χ2v) is 3.46. The Morgan fingerprint density at radius 1 is 1.67 bits per heavy atom. The highest BCUT2D eigenvalue weighted by atomic mass is 16.5. The minimum absolute atomic E-state index is 0.264. The van der Waals surface area contributed by atoms with Crippen LogP contribution in [-0.4, -0.2) is 37.0 Å². The lowest BCUT2D eigenvalue weighted by atomic mass is 10.2. The Bertz CT molecular complexity index is 113. The number of nitrogens with one attached hydrogen (secondary N) is 1. The fraction of sp³-hybridized carbons (Fsp3) is 1.00. The fourth-order valence-corrected chi connectivity index (χ4v) is 1.43. The fourth-order valence-electron chi connectivity index (χ4n) is 1.43. The first kappa shape index (κ1) is 9.96. The zero-order valence-electron chi connectivity index (χ0n) is 7.75. The molecule has 0 aromatic heterocycles. The third kappa shape index (κ3) is 3.52. The van der Waals surface area contributed by atoms with Crippen molar-refractivity contribution in [1.82, 2.24) is 5.32 Å². The summed E-state index contributed by atoms with van der Waals surface area (Å²) in [6, 6.07) is 0.402. The van der Waals surface area contributed by atoms with E-state index in [1.165, 1.54) is 12.8 Å². The first-order valence-electron chi connectivity index (χ1n) is 4.78. The second-order valence-electron chi connectivity index (χ2n) is 3.46. The zero-order chi connectivity index (χ0) is 8.81. The standard InChI is InChI=1S/C9H19NO2/c1-8(4-5-11)10-7-9-3-2-6-12-9/h8-11H,2-7H2,1H3. The average molecular weight is 173 g/mol. The SMILES string of the molecule is CC(CCO)NCC1CCCO1. The van der Waals surface area contributed by atoms with Gasteiger partial charge >= 0.3 is 0 Å². The molecule has 2 N–H and O–H groups in total. The molecule has 12 heavy (non-hydrogen) atoms. The highest BCUT2D eigenvalue weighted by Gasteiger charge is 2.15. The predicted molar refractivity (Wildman–Crippen MR) is 48.1 cm³/mol. The first-order valence-corrected chi connectivity index (χ1v) is 4.78. The maximum absolute atomic E-state index is 8.66. The summed E-state index contributed by atoms with van der Waals surface area (Å²) in [6.07, 6.45) is 3.61. The van der Waals surface area contributed by atoms with Crippen LogP contribution in [0.15, 0.2) is 0 Å². The maximum atomic E-state index is 8.66. The van der Waals surface area contributed by atoms with Gasteiger partial charge in [-0.2, -0.15) is 0 Å². The zero-order valence-corrected chi connectivity index (χ0v) is 7.75. The number of rotatable bonds is 5. The van der Waals surface area contributed by atoms with Crippen molar-refractivity contribution >= 4 is 0 Å². The molecule has 1 rings (SSSR count). The Morgan fingerprint density at radius 3 is 3.08 bits per heavy atom. The number of hydrogen-bond acceptors (Lipinski definition) is 3. The molecule has 3 heteroatoms. The number of ether oxygens (including phenoxy) is 1. The molecular weight excluding hydrogens is 154 g/mol. The van der Waals surface area contributed by atoms with Crippen molar-refractivity contribution in [2.24, 2.45) is 0 Å². The lowest BCUT2D eigenvalue weighted by Crippen LogP contribution is -2.33. The van der Waals surface area contributed by atoms with Gasteiger partial charge in [-0.3, -0.25) is 0 Å². The topological polar surface area (TPSA) is 41.5 Å². The summed E-state index contributed by atoms with van der Waals surface area (Å²) < 4.78 is 5.46. The van der Waals surface area contributed by atoms with Gasteiger partial charge in [-0.05, 0) is 26.2 Å². The summed E-state index contributed by atoms with van der Waals surface area (Å²) in [4.78, 5) is 0. The normalized spacial score (nSPS) is 26.0. The summed E-state index contributed by atoms with van der Waals surface area (Å²) in [5.74, 6) is 0. The summed E-state index contributed by atoms with van der Waals surface area (Å²) in [5, 5.41) is 12.0. The highest BCUT2D eigenvalue weighted by molar-refractivity contribution is 4.70. The molecule has 0 radical (unpaired) electrons. The van der Waals surface area contributed by atoms with Gasteiger partial charge in [0.1, 0.15) is 0 Å². The smallest absolute Gasteiger partial charge is 0.0700 e. The third-order valence-electron chi connectivity index (χ3n) is 2.28. The monoisotopic (exact) mass is 173 g/mol. The molecule has 3 nitrogen and oxygen atoms in total. The maximum Gasteiger partial charge on any atom is 0.0700 e. The largest absolute Gasteiger partial charge is 0.396 e. The van der Waals surface area contributed by atoms with Crippen molar-refractivity contribution in [2.45, 2.75) is 38.3 Å². The molecule has 72 valence electrons. The van der Waals surface area contributed by atoms with Crippen LogP contribution < -0.4 is 5.32 Å². The quantitative estimate of drug-likeness (QED) is 0.637. The van der Waals surface area contributed by atoms with Crippen LogP contribution in [0.5, 0.6) is 0 Å². The second kappa shape index (κ2) is 5.51. The molecule has 1 saturated heterocycles. The van der Waals surface area contributed by atoms with Gasteiger partial charge in [0.25, 0.3) is 0 Å². The van der Waals surface area contributed by atoms with Crippen LogP contribution in [-0.2, 0) is 4.74 Å². The molecule has 0 aromatic rings. The first-order chi connectivity index (χ1) is 5.83. The van der Waals surface area contributed by atoms with E-state index in [0.29, 0.717) is 12.1 Å². The summed E-state index contributed by atoms with van der Waals surface area (Å²) >= 11 is 0. The molecule has 1 aliphatic heterocycles. The van der Waals surface area contributed by atoms with Crippen LogP contribution in [0.4, 0.5) is 0 Å². The molecule has 1 heterocycles. The lowest BCUT2D eigenvalue weighted by Gasteiger charge is -2.15. The molecule has 0 saturated carbocycles. The van der Waals surface area contributed by atoms with Gasteiger partial charge in [-0.25, -0.2) is 0 Å². The van der Waals surface area contributed by atoms with Crippen LogP contribution in [0.1, 0.15) is 26.2 Å². The van der Waals surface area contributed by atoms with Crippen molar-refractivity contribution in [3.8, 4) is 0 Å². The van der Waals surface area contributed by atoms with Crippen molar-refractivity contribution in [3.63, 3.8) is 0 Å². The molecule has 0 aromatic carbocycles. The van der Waals surface area contributed by atoms with Gasteiger partial charge in [0.15, 0.2) is 0 Å². The van der Waals surface area contributed by atoms with Gasteiger partial charge in [0, 0.05) is 25.8 Å². The molecule has 2 unspecified atom stereocenters. The molecule has 2 atom stereocenters. The molecule has 1 fully saturated rings. The van der Waals surface area contributed by atoms with Gasteiger partial charge in [0.2, 0.25) is 0 Å². The van der Waals surface area contributed by atoms with E-state index in [9.17, 15) is 0 Å². The van der Waals surface area contributed by atoms with E-state index in [0.717, 1.165) is 19.6 Å². The summed E-state index contributed by atoms with van der Waals surface area (Å²) in [6.45, 7) is 4.20. The molecular formula is C9H19NO2. The van der Waals surface area contributed by atoms with Gasteiger partial charge in [0.05, 0.1) is 6.10 Å². The number of aliphatic hydroxyl groups is 1. The minimum atomic E-state index is 0.264.